The lowest BCUT2D eigenvalue weighted by atomic mass is 10.4. The van der Waals surface area contributed by atoms with Gasteiger partial charge in [0.05, 0.1) is 35.5 Å². The number of hydrogen-bond acceptors (Lipinski definition) is 4. The average Bonchev–Trinajstić information content (AvgIpc) is 2.67. The number of carbonyl (C=O) groups is 1. The third kappa shape index (κ3) is 3.51. The monoisotopic (exact) mass is 260 g/mol. The van der Waals surface area contributed by atoms with E-state index in [1.54, 1.807) is 30.3 Å². The predicted molar refractivity (Wildman–Crippen MR) is 70.6 cm³/mol. The van der Waals surface area contributed by atoms with Crippen molar-refractivity contribution >= 4 is 11.7 Å². The molecular weight excluding hydrogens is 244 g/mol. The maximum absolute atomic E-state index is 11.7. The highest BCUT2D eigenvalue weighted by Gasteiger charge is 2.07. The minimum absolute atomic E-state index is 0.293. The zero-order valence-electron chi connectivity index (χ0n) is 11.1. The lowest BCUT2D eigenvalue weighted by molar-refractivity contribution is 0.251. The highest BCUT2D eigenvalue weighted by molar-refractivity contribution is 5.89. The van der Waals surface area contributed by atoms with Gasteiger partial charge in [-0.3, -0.25) is 14.6 Å². The molecule has 2 heterocycles. The molecule has 0 atom stereocenters. The predicted octanol–water partition coefficient (Wildman–Crippen LogP) is 1.15. The number of hydrogen-bond donors (Lipinski definition) is 2. The summed E-state index contributed by atoms with van der Waals surface area (Å²) in [6, 6.07) is -0.293. The second-order valence-corrected chi connectivity index (χ2v) is 4.26. The number of amides is 2. The molecule has 0 aliphatic heterocycles. The summed E-state index contributed by atoms with van der Waals surface area (Å²) in [5.74, 6) is 0. The number of nitrogens with one attached hydrogen (secondary N) is 2. The first kappa shape index (κ1) is 13.0. The molecule has 0 radical (unpaired) electrons. The molecule has 0 fully saturated rings. The Kier molecular flexibility index (Phi) is 3.74. The number of urea groups is 1. The second-order valence-electron chi connectivity index (χ2n) is 4.26. The van der Waals surface area contributed by atoms with E-state index in [4.69, 9.17) is 0 Å². The Morgan fingerprint density at radius 1 is 1.32 bits per heavy atom. The van der Waals surface area contributed by atoms with Crippen LogP contribution in [0.3, 0.4) is 0 Å². The van der Waals surface area contributed by atoms with Crippen molar-refractivity contribution in [3.8, 4) is 0 Å². The molecule has 2 aromatic heterocycles. The molecule has 0 bridgehead atoms. The summed E-state index contributed by atoms with van der Waals surface area (Å²) < 4.78 is 1.65. The number of aryl methyl sites for hydroxylation is 3. The van der Waals surface area contributed by atoms with Crippen molar-refractivity contribution in [3.63, 3.8) is 0 Å². The zero-order valence-corrected chi connectivity index (χ0v) is 11.1. The Balaban J connectivity index is 1.88. The van der Waals surface area contributed by atoms with E-state index in [1.165, 1.54) is 0 Å². The van der Waals surface area contributed by atoms with E-state index in [0.717, 1.165) is 11.4 Å². The normalized spacial score (nSPS) is 10.3. The molecule has 7 nitrogen and oxygen atoms in total. The standard InChI is InChI=1S/C12H16N6O/c1-8-4-14-10(5-13-8)6-15-12(19)16-11-7-18(3)17-9(11)2/h4-5,7H,6H2,1-3H3,(H2,15,16,19). The number of aromatic nitrogens is 4. The van der Waals surface area contributed by atoms with Gasteiger partial charge in [0, 0.05) is 19.4 Å². The summed E-state index contributed by atoms with van der Waals surface area (Å²) in [5.41, 5.74) is 3.02. The van der Waals surface area contributed by atoms with Gasteiger partial charge in [-0.25, -0.2) is 4.79 Å². The molecule has 0 saturated heterocycles. The first-order valence-electron chi connectivity index (χ1n) is 5.87. The van der Waals surface area contributed by atoms with Gasteiger partial charge in [0.1, 0.15) is 0 Å². The Morgan fingerprint density at radius 2 is 2.11 bits per heavy atom. The summed E-state index contributed by atoms with van der Waals surface area (Å²) in [7, 11) is 1.80. The van der Waals surface area contributed by atoms with Crippen LogP contribution in [0.15, 0.2) is 18.6 Å². The lowest BCUT2D eigenvalue weighted by Gasteiger charge is -2.06. The van der Waals surface area contributed by atoms with E-state index in [9.17, 15) is 4.79 Å². The van der Waals surface area contributed by atoms with Crippen molar-refractivity contribution in [1.82, 2.24) is 25.1 Å². The molecule has 2 N–H and O–H groups in total. The third-order valence-corrected chi connectivity index (χ3v) is 2.53. The van der Waals surface area contributed by atoms with Crippen LogP contribution in [0.5, 0.6) is 0 Å². The first-order chi connectivity index (χ1) is 9.04. The van der Waals surface area contributed by atoms with Gasteiger partial charge < -0.3 is 10.6 Å². The van der Waals surface area contributed by atoms with Gasteiger partial charge in [-0.05, 0) is 13.8 Å². The van der Waals surface area contributed by atoms with Gasteiger partial charge in [-0.15, -0.1) is 0 Å². The highest BCUT2D eigenvalue weighted by Crippen LogP contribution is 2.10. The van der Waals surface area contributed by atoms with Crippen LogP contribution in [0.4, 0.5) is 10.5 Å². The molecule has 2 amide bonds. The van der Waals surface area contributed by atoms with Crippen LogP contribution in [0.1, 0.15) is 17.1 Å². The van der Waals surface area contributed by atoms with Gasteiger partial charge in [0.25, 0.3) is 0 Å². The third-order valence-electron chi connectivity index (χ3n) is 2.53. The van der Waals surface area contributed by atoms with Crippen molar-refractivity contribution in [2.24, 2.45) is 7.05 Å². The van der Waals surface area contributed by atoms with Crippen LogP contribution >= 0.6 is 0 Å². The summed E-state index contributed by atoms with van der Waals surface area (Å²) in [6.45, 7) is 4.03. The van der Waals surface area contributed by atoms with Crippen molar-refractivity contribution in [3.05, 3.63) is 35.7 Å². The largest absolute Gasteiger partial charge is 0.332 e. The van der Waals surface area contributed by atoms with Crippen molar-refractivity contribution in [2.45, 2.75) is 20.4 Å². The minimum Gasteiger partial charge on any atom is -0.332 e. The van der Waals surface area contributed by atoms with E-state index in [-0.39, 0.29) is 6.03 Å². The van der Waals surface area contributed by atoms with Gasteiger partial charge in [0.2, 0.25) is 0 Å². The lowest BCUT2D eigenvalue weighted by Crippen LogP contribution is -2.28. The van der Waals surface area contributed by atoms with Gasteiger partial charge >= 0.3 is 6.03 Å². The Hall–Kier alpha value is -2.44. The van der Waals surface area contributed by atoms with Crippen LogP contribution in [0.25, 0.3) is 0 Å². The number of nitrogens with zero attached hydrogens (tertiary/aromatic N) is 4. The molecular formula is C12H16N6O. The van der Waals surface area contributed by atoms with E-state index in [1.807, 2.05) is 13.8 Å². The molecule has 19 heavy (non-hydrogen) atoms. The zero-order chi connectivity index (χ0) is 13.8. The molecule has 100 valence electrons. The number of anilines is 1. The van der Waals surface area contributed by atoms with Crippen LogP contribution in [0, 0.1) is 13.8 Å². The van der Waals surface area contributed by atoms with Crippen LogP contribution in [0.2, 0.25) is 0 Å². The van der Waals surface area contributed by atoms with Gasteiger partial charge in [-0.2, -0.15) is 5.10 Å². The van der Waals surface area contributed by atoms with E-state index >= 15 is 0 Å². The SMILES string of the molecule is Cc1cnc(CNC(=O)Nc2cn(C)nc2C)cn1. The summed E-state index contributed by atoms with van der Waals surface area (Å²) >= 11 is 0. The fraction of sp³-hybridized carbons (Fsp3) is 0.333. The molecule has 7 heteroatoms. The van der Waals surface area contributed by atoms with Crippen molar-refractivity contribution < 1.29 is 4.79 Å². The van der Waals surface area contributed by atoms with Gasteiger partial charge in [-0.1, -0.05) is 0 Å². The molecule has 0 aromatic carbocycles. The van der Waals surface area contributed by atoms with Crippen LogP contribution < -0.4 is 10.6 Å². The first-order valence-corrected chi connectivity index (χ1v) is 5.87. The fourth-order valence-corrected chi connectivity index (χ4v) is 1.57. The molecule has 2 aromatic rings. The smallest absolute Gasteiger partial charge is 0.319 e. The minimum atomic E-state index is -0.293. The van der Waals surface area contributed by atoms with E-state index in [0.29, 0.717) is 17.9 Å². The number of carbonyl (C=O) groups excluding carboxylic acids is 1. The molecule has 0 aliphatic carbocycles. The summed E-state index contributed by atoms with van der Waals surface area (Å²) in [6.07, 6.45) is 5.06. The molecule has 0 saturated carbocycles. The molecule has 0 spiro atoms. The van der Waals surface area contributed by atoms with Crippen molar-refractivity contribution in [1.29, 1.82) is 0 Å². The highest BCUT2D eigenvalue weighted by atomic mass is 16.2. The maximum atomic E-state index is 11.7. The van der Waals surface area contributed by atoms with Gasteiger partial charge in [0.15, 0.2) is 0 Å². The van der Waals surface area contributed by atoms with E-state index < -0.39 is 0 Å². The topological polar surface area (TPSA) is 84.7 Å². The maximum Gasteiger partial charge on any atom is 0.319 e. The van der Waals surface area contributed by atoms with E-state index in [2.05, 4.69) is 25.7 Å². The van der Waals surface area contributed by atoms with Crippen LogP contribution in [-0.4, -0.2) is 25.8 Å². The summed E-state index contributed by atoms with van der Waals surface area (Å²) in [5, 5.41) is 9.59. The Labute approximate surface area is 111 Å². The second kappa shape index (κ2) is 5.47. The summed E-state index contributed by atoms with van der Waals surface area (Å²) in [4.78, 5) is 20.0. The van der Waals surface area contributed by atoms with Crippen LogP contribution in [-0.2, 0) is 13.6 Å². The Bertz CT molecular complexity index is 574. The Morgan fingerprint density at radius 3 is 2.68 bits per heavy atom. The van der Waals surface area contributed by atoms with Crippen molar-refractivity contribution in [2.75, 3.05) is 5.32 Å². The quantitative estimate of drug-likeness (QED) is 0.867. The molecule has 0 aliphatic rings. The number of rotatable bonds is 3. The average molecular weight is 260 g/mol. The fourth-order valence-electron chi connectivity index (χ4n) is 1.57. The molecule has 2 rings (SSSR count). The molecule has 0 unspecified atom stereocenters.